The Bertz CT molecular complexity index is 906. The lowest BCUT2D eigenvalue weighted by Gasteiger charge is -2.20. The van der Waals surface area contributed by atoms with Crippen molar-refractivity contribution in [2.24, 2.45) is 0 Å². The van der Waals surface area contributed by atoms with E-state index in [0.717, 1.165) is 11.3 Å². The molecule has 0 saturated heterocycles. The Labute approximate surface area is 161 Å². The van der Waals surface area contributed by atoms with Crippen LogP contribution in [0.4, 0.5) is 11.4 Å². The van der Waals surface area contributed by atoms with E-state index in [4.69, 9.17) is 0 Å². The number of anilines is 2. The highest BCUT2D eigenvalue weighted by molar-refractivity contribution is 7.89. The van der Waals surface area contributed by atoms with Gasteiger partial charge in [0.1, 0.15) is 0 Å². The zero-order valence-electron chi connectivity index (χ0n) is 16.2. The van der Waals surface area contributed by atoms with E-state index in [1.165, 1.54) is 4.31 Å². The molecule has 2 N–H and O–H groups in total. The minimum atomic E-state index is -3.55. The van der Waals surface area contributed by atoms with E-state index in [-0.39, 0.29) is 17.3 Å². The van der Waals surface area contributed by atoms with E-state index in [0.29, 0.717) is 24.3 Å². The molecule has 0 radical (unpaired) electrons. The summed E-state index contributed by atoms with van der Waals surface area (Å²) in [4.78, 5) is 12.4. The second-order valence-corrected chi connectivity index (χ2v) is 8.25. The third kappa shape index (κ3) is 5.30. The fraction of sp³-hybridized carbons (Fsp3) is 0.350. The number of benzene rings is 2. The van der Waals surface area contributed by atoms with Gasteiger partial charge >= 0.3 is 0 Å². The maximum Gasteiger partial charge on any atom is 0.243 e. The minimum Gasteiger partial charge on any atom is -0.376 e. The van der Waals surface area contributed by atoms with Gasteiger partial charge in [-0.3, -0.25) is 4.79 Å². The predicted octanol–water partition coefficient (Wildman–Crippen LogP) is 3.38. The van der Waals surface area contributed by atoms with Gasteiger partial charge in [0, 0.05) is 24.5 Å². The van der Waals surface area contributed by atoms with Crippen LogP contribution in [0.25, 0.3) is 0 Å². The normalized spacial score (nSPS) is 11.4. The van der Waals surface area contributed by atoms with Gasteiger partial charge in [0.2, 0.25) is 15.9 Å². The molecule has 7 heteroatoms. The van der Waals surface area contributed by atoms with Gasteiger partial charge in [0.15, 0.2) is 0 Å². The second kappa shape index (κ2) is 9.01. The average Bonchev–Trinajstić information content (AvgIpc) is 2.61. The van der Waals surface area contributed by atoms with Crippen molar-refractivity contribution in [2.75, 3.05) is 30.3 Å². The van der Waals surface area contributed by atoms with Gasteiger partial charge in [-0.2, -0.15) is 4.31 Å². The van der Waals surface area contributed by atoms with Gasteiger partial charge in [-0.05, 0) is 49.2 Å². The van der Waals surface area contributed by atoms with Gasteiger partial charge in [-0.15, -0.1) is 0 Å². The first-order valence-corrected chi connectivity index (χ1v) is 10.4. The summed E-state index contributed by atoms with van der Waals surface area (Å²) >= 11 is 0. The molecule has 0 saturated carbocycles. The van der Waals surface area contributed by atoms with Gasteiger partial charge in [-0.25, -0.2) is 8.42 Å². The Morgan fingerprint density at radius 3 is 2.33 bits per heavy atom. The van der Waals surface area contributed by atoms with Crippen LogP contribution >= 0.6 is 0 Å². The number of hydrogen-bond acceptors (Lipinski definition) is 4. The number of aryl methyl sites for hydroxylation is 2. The Hall–Kier alpha value is -2.38. The molecule has 146 valence electrons. The summed E-state index contributed by atoms with van der Waals surface area (Å²) in [5.41, 5.74) is 3.06. The number of nitrogens with one attached hydrogen (secondary N) is 2. The van der Waals surface area contributed by atoms with Crippen molar-refractivity contribution in [1.82, 2.24) is 4.31 Å². The van der Waals surface area contributed by atoms with Gasteiger partial charge in [0.05, 0.1) is 11.4 Å². The van der Waals surface area contributed by atoms with Crippen molar-refractivity contribution in [3.8, 4) is 0 Å². The highest BCUT2D eigenvalue weighted by atomic mass is 32.2. The molecular weight excluding hydrogens is 362 g/mol. The van der Waals surface area contributed by atoms with Crippen LogP contribution < -0.4 is 10.6 Å². The number of sulfonamides is 1. The summed E-state index contributed by atoms with van der Waals surface area (Å²) < 4.78 is 27.0. The number of amides is 1. The lowest BCUT2D eigenvalue weighted by atomic mass is 10.2. The molecule has 2 aromatic carbocycles. The lowest BCUT2D eigenvalue weighted by Crippen LogP contribution is -2.31. The summed E-state index contributed by atoms with van der Waals surface area (Å²) in [6, 6.07) is 12.7. The largest absolute Gasteiger partial charge is 0.376 e. The van der Waals surface area contributed by atoms with E-state index >= 15 is 0 Å². The average molecular weight is 390 g/mol. The topological polar surface area (TPSA) is 78.5 Å². The third-order valence-corrected chi connectivity index (χ3v) is 6.46. The SMILES string of the molecule is CCN(CC)S(=O)(=O)c1cc(NCC(=O)Nc2cccc(C)c2)ccc1C. The molecule has 1 amide bonds. The molecular formula is C20H27N3O3S. The van der Waals surface area contributed by atoms with Crippen LogP contribution in [0.15, 0.2) is 47.4 Å². The molecule has 0 atom stereocenters. The second-order valence-electron chi connectivity index (χ2n) is 6.34. The standard InChI is InChI=1S/C20H27N3O3S/c1-5-23(6-2)27(25,26)19-13-17(11-10-16(19)4)21-14-20(24)22-18-9-7-8-15(3)12-18/h7-13,21H,5-6,14H2,1-4H3,(H,22,24). The highest BCUT2D eigenvalue weighted by Crippen LogP contribution is 2.23. The summed E-state index contributed by atoms with van der Waals surface area (Å²) in [7, 11) is -3.55. The number of rotatable bonds is 8. The van der Waals surface area contributed by atoms with Crippen LogP contribution in [0.2, 0.25) is 0 Å². The van der Waals surface area contributed by atoms with Crippen LogP contribution in [0, 0.1) is 13.8 Å². The summed E-state index contributed by atoms with van der Waals surface area (Å²) in [6.45, 7) is 8.22. The van der Waals surface area contributed by atoms with Crippen LogP contribution in [0.1, 0.15) is 25.0 Å². The van der Waals surface area contributed by atoms with E-state index in [2.05, 4.69) is 10.6 Å². The van der Waals surface area contributed by atoms with Crippen LogP contribution in [0.5, 0.6) is 0 Å². The molecule has 0 aliphatic heterocycles. The van der Waals surface area contributed by atoms with E-state index < -0.39 is 10.0 Å². The zero-order chi connectivity index (χ0) is 20.0. The Kier molecular flexibility index (Phi) is 6.98. The van der Waals surface area contributed by atoms with Crippen LogP contribution in [-0.2, 0) is 14.8 Å². The van der Waals surface area contributed by atoms with Gasteiger partial charge in [-0.1, -0.05) is 32.0 Å². The summed E-state index contributed by atoms with van der Waals surface area (Å²) in [5.74, 6) is -0.200. The number of nitrogens with zero attached hydrogens (tertiary/aromatic N) is 1. The van der Waals surface area contributed by atoms with Crippen molar-refractivity contribution in [1.29, 1.82) is 0 Å². The molecule has 2 aromatic rings. The van der Waals surface area contributed by atoms with Crippen LogP contribution in [-0.4, -0.2) is 38.3 Å². The molecule has 6 nitrogen and oxygen atoms in total. The van der Waals surface area contributed by atoms with Crippen molar-refractivity contribution in [2.45, 2.75) is 32.6 Å². The molecule has 0 bridgehead atoms. The van der Waals surface area contributed by atoms with E-state index in [1.54, 1.807) is 25.1 Å². The van der Waals surface area contributed by atoms with E-state index in [1.807, 2.05) is 45.0 Å². The Balaban J connectivity index is 2.11. The molecule has 0 fully saturated rings. The monoisotopic (exact) mass is 389 g/mol. The molecule has 0 unspecified atom stereocenters. The zero-order valence-corrected chi connectivity index (χ0v) is 17.1. The minimum absolute atomic E-state index is 0.0434. The fourth-order valence-electron chi connectivity index (χ4n) is 2.80. The molecule has 0 aliphatic carbocycles. The summed E-state index contributed by atoms with van der Waals surface area (Å²) in [6.07, 6.45) is 0. The first-order valence-electron chi connectivity index (χ1n) is 8.99. The Morgan fingerprint density at radius 1 is 1.00 bits per heavy atom. The van der Waals surface area contributed by atoms with Crippen molar-refractivity contribution >= 4 is 27.3 Å². The first kappa shape index (κ1) is 20.9. The highest BCUT2D eigenvalue weighted by Gasteiger charge is 2.23. The molecule has 0 aromatic heterocycles. The van der Waals surface area contributed by atoms with Gasteiger partial charge < -0.3 is 10.6 Å². The maximum absolute atomic E-state index is 12.8. The van der Waals surface area contributed by atoms with Crippen LogP contribution in [0.3, 0.4) is 0 Å². The van der Waals surface area contributed by atoms with E-state index in [9.17, 15) is 13.2 Å². The quantitative estimate of drug-likeness (QED) is 0.725. The number of carbonyl (C=O) groups is 1. The number of carbonyl (C=O) groups excluding carboxylic acids is 1. The molecule has 2 rings (SSSR count). The lowest BCUT2D eigenvalue weighted by molar-refractivity contribution is -0.114. The first-order chi connectivity index (χ1) is 12.8. The predicted molar refractivity (Wildman–Crippen MR) is 110 cm³/mol. The molecule has 0 aliphatic rings. The van der Waals surface area contributed by atoms with Crippen molar-refractivity contribution < 1.29 is 13.2 Å². The van der Waals surface area contributed by atoms with Gasteiger partial charge in [0.25, 0.3) is 0 Å². The molecule has 0 spiro atoms. The molecule has 27 heavy (non-hydrogen) atoms. The smallest absolute Gasteiger partial charge is 0.243 e. The fourth-order valence-corrected chi connectivity index (χ4v) is 4.51. The molecule has 0 heterocycles. The third-order valence-electron chi connectivity index (χ3n) is 4.27. The Morgan fingerprint density at radius 2 is 1.70 bits per heavy atom. The van der Waals surface area contributed by atoms with Crippen molar-refractivity contribution in [3.63, 3.8) is 0 Å². The number of hydrogen-bond donors (Lipinski definition) is 2. The maximum atomic E-state index is 12.8. The summed E-state index contributed by atoms with van der Waals surface area (Å²) in [5, 5.41) is 5.82. The van der Waals surface area contributed by atoms with Crippen molar-refractivity contribution in [3.05, 3.63) is 53.6 Å².